The van der Waals surface area contributed by atoms with Gasteiger partial charge in [-0.2, -0.15) is 5.10 Å². The number of carboxylic acids is 1. The molecule has 1 fully saturated rings. The topological polar surface area (TPSA) is 202 Å². The fourth-order valence-corrected chi connectivity index (χ4v) is 4.19. The van der Waals surface area contributed by atoms with E-state index in [4.69, 9.17) is 20.1 Å². The highest BCUT2D eigenvalue weighted by molar-refractivity contribution is 7.50. The number of carbonyl (C=O) groups is 1. The summed E-state index contributed by atoms with van der Waals surface area (Å²) in [6.07, 6.45) is -2.83. The van der Waals surface area contributed by atoms with E-state index in [0.29, 0.717) is 11.2 Å². The largest absolute Gasteiger partial charge is 0.480 e. The number of aliphatic hydroxyl groups excluding tert-OH is 2. The Morgan fingerprint density at radius 3 is 2.86 bits per heavy atom. The summed E-state index contributed by atoms with van der Waals surface area (Å²) in [6, 6.07) is 1.89. The Morgan fingerprint density at radius 1 is 1.52 bits per heavy atom. The van der Waals surface area contributed by atoms with Gasteiger partial charge in [0.2, 0.25) is 0 Å². The average molecular weight is 431 g/mol. The van der Waals surface area contributed by atoms with Crippen molar-refractivity contribution in [2.45, 2.75) is 43.8 Å². The third-order valence-corrected chi connectivity index (χ3v) is 6.01. The molecule has 3 rings (SSSR count). The number of rotatable bonds is 7. The standard InChI is InChI=1S/C15H22N5O8P/c1-7(14(23)24)19-29(25,26)27-5-9-11(21)12(22)15(2,28-9)10-4-3-8-13(16)17-6-18-20(8)10/h3-4,6-7,9,11-12,21-22H,5H2,1-2H3,(H,23,24)(H2,16,17,18)(H2,19,25,26)/t7-,9+,11+,12+,15-/m0/s1. The average Bonchev–Trinajstić information content (AvgIpc) is 3.17. The van der Waals surface area contributed by atoms with Crippen molar-refractivity contribution in [3.05, 3.63) is 24.2 Å². The van der Waals surface area contributed by atoms with Crippen LogP contribution in [-0.4, -0.2) is 71.7 Å². The third-order valence-electron chi connectivity index (χ3n) is 4.80. The molecule has 2 aromatic rings. The Morgan fingerprint density at radius 2 is 2.21 bits per heavy atom. The van der Waals surface area contributed by atoms with Crippen molar-refractivity contribution < 1.29 is 38.8 Å². The predicted octanol–water partition coefficient (Wildman–Crippen LogP) is -1.17. The van der Waals surface area contributed by atoms with Crippen molar-refractivity contribution in [2.24, 2.45) is 0 Å². The molecule has 7 N–H and O–H groups in total. The van der Waals surface area contributed by atoms with E-state index in [0.717, 1.165) is 0 Å². The van der Waals surface area contributed by atoms with E-state index in [1.807, 2.05) is 5.09 Å². The van der Waals surface area contributed by atoms with Crippen molar-refractivity contribution in [2.75, 3.05) is 12.3 Å². The maximum atomic E-state index is 12.0. The molecule has 0 saturated carbocycles. The number of nitrogen functional groups attached to an aromatic ring is 1. The molecule has 6 atom stereocenters. The molecule has 0 aliphatic carbocycles. The molecule has 1 aliphatic rings. The van der Waals surface area contributed by atoms with Crippen LogP contribution < -0.4 is 10.8 Å². The number of aliphatic hydroxyl groups is 2. The molecule has 3 heterocycles. The third kappa shape index (κ3) is 3.98. The smallest absolute Gasteiger partial charge is 0.403 e. The van der Waals surface area contributed by atoms with Gasteiger partial charge in [-0.25, -0.2) is 19.2 Å². The molecule has 14 heteroatoms. The van der Waals surface area contributed by atoms with Crippen molar-refractivity contribution in [3.8, 4) is 0 Å². The van der Waals surface area contributed by atoms with E-state index in [2.05, 4.69) is 10.1 Å². The molecule has 160 valence electrons. The first-order valence-corrected chi connectivity index (χ1v) is 10.1. The van der Waals surface area contributed by atoms with Gasteiger partial charge < -0.3 is 30.7 Å². The Bertz CT molecular complexity index is 969. The molecule has 1 saturated heterocycles. The first kappa shape index (κ1) is 21.6. The summed E-state index contributed by atoms with van der Waals surface area (Å²) < 4.78 is 24.1. The molecule has 0 aromatic carbocycles. The van der Waals surface area contributed by atoms with E-state index in [1.54, 1.807) is 12.1 Å². The Hall–Kier alpha value is -2.12. The zero-order valence-electron chi connectivity index (χ0n) is 15.5. The predicted molar refractivity (Wildman–Crippen MR) is 97.6 cm³/mol. The molecule has 0 radical (unpaired) electrons. The van der Waals surface area contributed by atoms with Gasteiger partial charge >= 0.3 is 13.7 Å². The summed E-state index contributed by atoms with van der Waals surface area (Å²) in [5, 5.41) is 35.8. The first-order chi connectivity index (χ1) is 13.5. The van der Waals surface area contributed by atoms with Gasteiger partial charge in [0.05, 0.1) is 12.3 Å². The Kier molecular flexibility index (Phi) is 5.66. The number of ether oxygens (including phenoxy) is 1. The summed E-state index contributed by atoms with van der Waals surface area (Å²) in [5.41, 5.74) is 5.21. The Balaban J connectivity index is 1.78. The lowest BCUT2D eigenvalue weighted by Crippen LogP contribution is -2.39. The molecule has 2 aromatic heterocycles. The molecule has 29 heavy (non-hydrogen) atoms. The number of nitrogens with two attached hydrogens (primary N) is 1. The van der Waals surface area contributed by atoms with Gasteiger partial charge in [-0.3, -0.25) is 9.32 Å². The molecule has 13 nitrogen and oxygen atoms in total. The van der Waals surface area contributed by atoms with Crippen LogP contribution in [0.15, 0.2) is 18.5 Å². The molecule has 0 spiro atoms. The number of aromatic nitrogens is 3. The molecule has 0 amide bonds. The van der Waals surface area contributed by atoms with Gasteiger partial charge in [0.1, 0.15) is 41.8 Å². The van der Waals surface area contributed by atoms with Crippen molar-refractivity contribution in [1.82, 2.24) is 19.7 Å². The molecule has 1 aliphatic heterocycles. The fourth-order valence-electron chi connectivity index (χ4n) is 3.17. The second kappa shape index (κ2) is 7.61. The normalized spacial score (nSPS) is 30.3. The number of nitrogens with one attached hydrogen (secondary N) is 1. The highest BCUT2D eigenvalue weighted by Gasteiger charge is 2.54. The lowest BCUT2D eigenvalue weighted by Gasteiger charge is -2.27. The number of hydrogen-bond donors (Lipinski definition) is 6. The molecular formula is C15H22N5O8P. The van der Waals surface area contributed by atoms with Crippen LogP contribution in [0.3, 0.4) is 0 Å². The van der Waals surface area contributed by atoms with Crippen LogP contribution in [0, 0.1) is 0 Å². The minimum Gasteiger partial charge on any atom is -0.480 e. The SMILES string of the molecule is C[C@H](NP(=O)(O)OC[C@H]1O[C@@](C)(c2ccc3c(N)ncnn23)[C@H](O)[C@@H]1O)C(=O)O. The van der Waals surface area contributed by atoms with Crippen molar-refractivity contribution in [1.29, 1.82) is 0 Å². The van der Waals surface area contributed by atoms with Crippen molar-refractivity contribution >= 4 is 25.1 Å². The van der Waals surface area contributed by atoms with E-state index in [1.165, 1.54) is 24.7 Å². The highest BCUT2D eigenvalue weighted by atomic mass is 31.2. The van der Waals surface area contributed by atoms with E-state index >= 15 is 0 Å². The minimum absolute atomic E-state index is 0.211. The maximum Gasteiger partial charge on any atom is 0.403 e. The maximum absolute atomic E-state index is 12.0. The van der Waals surface area contributed by atoms with Crippen LogP contribution >= 0.6 is 7.75 Å². The van der Waals surface area contributed by atoms with Crippen LogP contribution in [0.1, 0.15) is 19.5 Å². The van der Waals surface area contributed by atoms with Crippen LogP contribution in [-0.2, 0) is 24.2 Å². The van der Waals surface area contributed by atoms with Crippen LogP contribution in [0.25, 0.3) is 5.52 Å². The van der Waals surface area contributed by atoms with Gasteiger partial charge in [-0.1, -0.05) is 0 Å². The number of hydrogen-bond acceptors (Lipinski definition) is 9. The van der Waals surface area contributed by atoms with E-state index < -0.39 is 50.3 Å². The van der Waals surface area contributed by atoms with Crippen molar-refractivity contribution in [3.63, 3.8) is 0 Å². The summed E-state index contributed by atoms with van der Waals surface area (Å²) in [6.45, 7) is 2.10. The van der Waals surface area contributed by atoms with E-state index in [9.17, 15) is 24.5 Å². The quantitative estimate of drug-likeness (QED) is 0.287. The minimum atomic E-state index is -4.49. The lowest BCUT2D eigenvalue weighted by molar-refractivity contribution is -0.138. The highest BCUT2D eigenvalue weighted by Crippen LogP contribution is 2.43. The summed E-state index contributed by atoms with van der Waals surface area (Å²) in [5.74, 6) is -1.13. The second-order valence-electron chi connectivity index (χ2n) is 6.86. The van der Waals surface area contributed by atoms with Crippen LogP contribution in [0.5, 0.6) is 0 Å². The number of nitrogens with zero attached hydrogens (tertiary/aromatic N) is 3. The summed E-state index contributed by atoms with van der Waals surface area (Å²) in [4.78, 5) is 24.4. The zero-order valence-corrected chi connectivity index (χ0v) is 16.4. The number of fused-ring (bicyclic) bond motifs is 1. The van der Waals surface area contributed by atoms with E-state index in [-0.39, 0.29) is 5.82 Å². The summed E-state index contributed by atoms with van der Waals surface area (Å²) >= 11 is 0. The number of anilines is 1. The van der Waals surface area contributed by atoms with Gasteiger partial charge in [0, 0.05) is 0 Å². The summed E-state index contributed by atoms with van der Waals surface area (Å²) in [7, 11) is -4.49. The van der Waals surface area contributed by atoms with Gasteiger partial charge in [0.15, 0.2) is 5.82 Å². The zero-order chi connectivity index (χ0) is 21.6. The van der Waals surface area contributed by atoms with Gasteiger partial charge in [-0.15, -0.1) is 0 Å². The van der Waals surface area contributed by atoms with Crippen LogP contribution in [0.4, 0.5) is 5.82 Å². The van der Waals surface area contributed by atoms with Crippen LogP contribution in [0.2, 0.25) is 0 Å². The lowest BCUT2D eigenvalue weighted by atomic mass is 9.93. The Labute approximate surface area is 164 Å². The molecule has 1 unspecified atom stereocenters. The molecule has 0 bridgehead atoms. The van der Waals surface area contributed by atoms with Gasteiger partial charge in [-0.05, 0) is 26.0 Å². The first-order valence-electron chi connectivity index (χ1n) is 8.57. The number of aliphatic carboxylic acids is 1. The fraction of sp³-hybridized carbons (Fsp3) is 0.533. The monoisotopic (exact) mass is 431 g/mol. The second-order valence-corrected chi connectivity index (χ2v) is 8.42. The number of carboxylic acid groups (broad SMARTS) is 1. The molecular weight excluding hydrogens is 409 g/mol. The van der Waals surface area contributed by atoms with Gasteiger partial charge in [0.25, 0.3) is 0 Å².